The molecule has 0 aromatic carbocycles. The highest BCUT2D eigenvalue weighted by Gasteiger charge is 2.69. The average molecular weight is 1150 g/mol. The van der Waals surface area contributed by atoms with Crippen molar-refractivity contribution in [1.82, 2.24) is 0 Å². The van der Waals surface area contributed by atoms with Crippen molar-refractivity contribution >= 4 is 5.97 Å². The molecule has 10 bridgehead atoms. The number of hydrogen-bond acceptors (Lipinski definition) is 24. The van der Waals surface area contributed by atoms with E-state index in [2.05, 4.69) is 13.2 Å². The van der Waals surface area contributed by atoms with Crippen molar-refractivity contribution in [3.05, 3.63) is 24.3 Å². The fourth-order valence-corrected chi connectivity index (χ4v) is 17.1. The number of nitrogens with two attached hydrogens (primary N) is 4. The zero-order valence-electron chi connectivity index (χ0n) is 46.2. The van der Waals surface area contributed by atoms with Gasteiger partial charge in [0, 0.05) is 81.8 Å². The summed E-state index contributed by atoms with van der Waals surface area (Å²) in [5, 5.41) is 53.1. The molecule has 0 aliphatic carbocycles. The highest BCUT2D eigenvalue weighted by Crippen LogP contribution is 2.56. The van der Waals surface area contributed by atoms with Gasteiger partial charge in [-0.1, -0.05) is 20.1 Å². The van der Waals surface area contributed by atoms with E-state index in [4.69, 9.17) is 89.3 Å². The molecule has 454 valence electrons. The summed E-state index contributed by atoms with van der Waals surface area (Å²) in [6.45, 7) is 10.3. The topological polar surface area (TPSA) is 352 Å². The fourth-order valence-electron chi connectivity index (χ4n) is 17.1. The molecule has 1 unspecified atom stereocenters. The van der Waals surface area contributed by atoms with Crippen LogP contribution in [0.25, 0.3) is 0 Å². The van der Waals surface area contributed by atoms with Crippen molar-refractivity contribution in [2.45, 2.75) is 310 Å². The quantitative estimate of drug-likeness (QED) is 0.0949. The number of hydrogen-bond donors (Lipinski definition) is 9. The minimum atomic E-state index is -2.18. The summed E-state index contributed by atoms with van der Waals surface area (Å²) in [5.74, 6) is -6.62. The average Bonchev–Trinajstić information content (AvgIpc) is 4.38. The van der Waals surface area contributed by atoms with E-state index in [1.807, 2.05) is 6.92 Å². The van der Waals surface area contributed by atoms with E-state index in [-0.39, 0.29) is 56.0 Å². The van der Waals surface area contributed by atoms with Crippen LogP contribution in [0.5, 0.6) is 0 Å². The van der Waals surface area contributed by atoms with Gasteiger partial charge in [-0.05, 0) is 56.1 Å². The molecular formula is C57H86N4O20. The number of ether oxygens (including phenoxy) is 14. The summed E-state index contributed by atoms with van der Waals surface area (Å²) in [6, 6.07) is -2.19. The Bertz CT molecular complexity index is 2400. The van der Waals surface area contributed by atoms with Crippen molar-refractivity contribution in [1.29, 1.82) is 0 Å². The summed E-state index contributed by atoms with van der Waals surface area (Å²) in [4.78, 5) is 14.5. The van der Waals surface area contributed by atoms with Crippen molar-refractivity contribution in [3.63, 3.8) is 0 Å². The summed E-state index contributed by atoms with van der Waals surface area (Å²) < 4.78 is 94.5. The first-order valence-corrected chi connectivity index (χ1v) is 30.3. The fraction of sp³-hybridized carbons (Fsp3) is 0.912. The monoisotopic (exact) mass is 1150 g/mol. The predicted octanol–water partition coefficient (Wildman–Crippen LogP) is -0.760. The number of rotatable bonds is 4. The molecular weight excluding hydrogens is 1060 g/mol. The smallest absolute Gasteiger partial charge is 0.308 e. The van der Waals surface area contributed by atoms with E-state index in [1.54, 1.807) is 0 Å². The minimum absolute atomic E-state index is 0.0485. The normalized spacial score (nSPS) is 55.5. The minimum Gasteiger partial charge on any atom is -0.458 e. The molecule has 14 aliphatic rings. The highest BCUT2D eigenvalue weighted by atomic mass is 16.8. The van der Waals surface area contributed by atoms with Crippen molar-refractivity contribution in [2.75, 3.05) is 6.61 Å². The Balaban J connectivity index is 0.688. The van der Waals surface area contributed by atoms with Gasteiger partial charge >= 0.3 is 5.97 Å². The molecule has 14 heterocycles. The first-order valence-electron chi connectivity index (χ1n) is 30.3. The number of carbonyl (C=O) groups excluding carboxylic acids is 1. The van der Waals surface area contributed by atoms with E-state index in [0.29, 0.717) is 89.9 Å². The second-order valence-corrected chi connectivity index (χ2v) is 26.9. The number of fused-ring (bicyclic) bond motifs is 13. The van der Waals surface area contributed by atoms with Gasteiger partial charge in [0.2, 0.25) is 0 Å². The lowest BCUT2D eigenvalue weighted by atomic mass is 9.79. The molecule has 81 heavy (non-hydrogen) atoms. The van der Waals surface area contributed by atoms with Crippen LogP contribution in [0.3, 0.4) is 0 Å². The number of aliphatic hydroxyl groups excluding tert-OH is 3. The van der Waals surface area contributed by atoms with Crippen LogP contribution in [-0.2, 0) is 71.1 Å². The number of aliphatic hydroxyl groups is 5. The molecule has 31 atom stereocenters. The number of esters is 1. The van der Waals surface area contributed by atoms with E-state index in [0.717, 1.165) is 11.1 Å². The van der Waals surface area contributed by atoms with Crippen LogP contribution in [-0.4, -0.2) is 226 Å². The zero-order valence-corrected chi connectivity index (χ0v) is 46.2. The Hall–Kier alpha value is -1.93. The van der Waals surface area contributed by atoms with Gasteiger partial charge in [-0.2, -0.15) is 0 Å². The molecule has 0 radical (unpaired) electrons. The molecule has 3 spiro atoms. The zero-order chi connectivity index (χ0) is 56.2. The molecule has 24 heteroatoms. The van der Waals surface area contributed by atoms with Gasteiger partial charge in [-0.25, -0.2) is 0 Å². The van der Waals surface area contributed by atoms with Gasteiger partial charge in [0.25, 0.3) is 0 Å². The summed E-state index contributed by atoms with van der Waals surface area (Å²) in [6.07, 6.45) is -7.29. The first-order chi connectivity index (χ1) is 38.6. The molecule has 14 saturated heterocycles. The predicted molar refractivity (Wildman–Crippen MR) is 277 cm³/mol. The lowest BCUT2D eigenvalue weighted by Gasteiger charge is -2.51. The lowest BCUT2D eigenvalue weighted by molar-refractivity contribution is -0.336. The van der Waals surface area contributed by atoms with Crippen LogP contribution in [0.4, 0.5) is 0 Å². The molecule has 0 amide bonds. The molecule has 0 aromatic heterocycles. The van der Waals surface area contributed by atoms with Crippen molar-refractivity contribution < 1.29 is 96.6 Å². The Morgan fingerprint density at radius 1 is 0.580 bits per heavy atom. The summed E-state index contributed by atoms with van der Waals surface area (Å²) in [7, 11) is 0. The van der Waals surface area contributed by atoms with E-state index in [1.165, 1.54) is 0 Å². The van der Waals surface area contributed by atoms with Gasteiger partial charge < -0.3 is 115 Å². The second-order valence-electron chi connectivity index (χ2n) is 26.9. The maximum atomic E-state index is 14.5. The third kappa shape index (κ3) is 10.2. The van der Waals surface area contributed by atoms with Crippen molar-refractivity contribution in [3.8, 4) is 0 Å². The van der Waals surface area contributed by atoms with Gasteiger partial charge in [0.05, 0.1) is 135 Å². The molecule has 14 fully saturated rings. The molecule has 14 aliphatic heterocycles. The Morgan fingerprint density at radius 2 is 1.27 bits per heavy atom. The Kier molecular flexibility index (Phi) is 14.8. The van der Waals surface area contributed by atoms with E-state index >= 15 is 0 Å². The van der Waals surface area contributed by atoms with Gasteiger partial charge in [0.15, 0.2) is 23.1 Å². The third-order valence-corrected chi connectivity index (χ3v) is 21.1. The Morgan fingerprint density at radius 3 is 2.09 bits per heavy atom. The van der Waals surface area contributed by atoms with Gasteiger partial charge in [-0.15, -0.1) is 0 Å². The maximum Gasteiger partial charge on any atom is 0.308 e. The largest absolute Gasteiger partial charge is 0.458 e. The molecule has 0 aromatic rings. The Labute approximate surface area is 471 Å². The first kappa shape index (κ1) is 56.9. The third-order valence-electron chi connectivity index (χ3n) is 21.1. The molecule has 13 N–H and O–H groups in total. The van der Waals surface area contributed by atoms with E-state index in [9.17, 15) is 30.3 Å². The second kappa shape index (κ2) is 21.2. The van der Waals surface area contributed by atoms with Crippen molar-refractivity contribution in [2.24, 2.45) is 28.9 Å². The van der Waals surface area contributed by atoms with Crippen LogP contribution in [0, 0.1) is 5.92 Å². The standard InChI is InChI=1S/C57H86N4O20/c1-23-10-29-8-9-54-22-57(66,67)53(81-54)47-25(3)46(79-54)52-35(72-47)7-5-28(70-52)13-44(65)75-51-39(14-36-24(2)30(58)12-27(69-36)4-6-34(23)68-29)71-40-16-38-42(74-50(40)45(51)61)19-56(76-38)20-43-49(80-56)32(60)18-55(78-43)17-31(59)48-41(77-55)15-37(73-48)33(64)11-26(63)21-62/h25-43,45-53,62-64,66-67H,1-2,4-22,58-61H2,3H3/t25-,26+,27-,28+,29-,30+,31-,32-,33-,34-,35-,36+,37-,38+,39-,40-,41-,42+,43-,45-,46+,47+,48-,49-,50+,51-,52-,53?,54+,55+,56-/m0/s1. The number of carbonyl (C=O) groups is 1. The highest BCUT2D eigenvalue weighted by molar-refractivity contribution is 5.70. The van der Waals surface area contributed by atoms with Crippen LogP contribution in [0.2, 0.25) is 0 Å². The van der Waals surface area contributed by atoms with Crippen LogP contribution in [0.15, 0.2) is 24.3 Å². The van der Waals surface area contributed by atoms with Gasteiger partial charge in [-0.3, -0.25) is 4.79 Å². The van der Waals surface area contributed by atoms with Crippen LogP contribution >= 0.6 is 0 Å². The lowest BCUT2D eigenvalue weighted by Crippen LogP contribution is -2.67. The maximum absolute atomic E-state index is 14.5. The van der Waals surface area contributed by atoms with Gasteiger partial charge in [0.1, 0.15) is 30.5 Å². The SMILES string of the molecule is C=C1C[C@@H]2CC[C@]34CC(O)(O)C(O3)[C@@H]3O[C@H]5CC[C@H](CC(=O)O[C@@H]6[C@@H](N)[C@@H]7O[C@@H]8C[C@]9(C[C@@H]%10O[C@]%11(C[C@H](N)[C@@H]%12O[C@H]([C@@H](O)C[C@@H](O)CO)C[C@@H]%12O%11)C[C@H](N)[C@@H]%10O9)O[C@@H]8C[C@@H]7O[C@H]6C[C@H]6O[C@@H](CC[C@@H]1O2)C[C@@H](N)C6=C)O[C@@H]5[C@H](O4)[C@@H]3C. The molecule has 14 rings (SSSR count). The van der Waals surface area contributed by atoms with E-state index < -0.39 is 176 Å². The summed E-state index contributed by atoms with van der Waals surface area (Å²) >= 11 is 0. The molecule has 24 nitrogen and oxygen atoms in total. The van der Waals surface area contributed by atoms with Crippen LogP contribution in [0.1, 0.15) is 122 Å². The van der Waals surface area contributed by atoms with Crippen LogP contribution < -0.4 is 22.9 Å². The molecule has 0 saturated carbocycles. The summed E-state index contributed by atoms with van der Waals surface area (Å²) in [5.41, 5.74) is 29.6.